The van der Waals surface area contributed by atoms with E-state index in [0.29, 0.717) is 5.57 Å². The first-order valence-electron chi connectivity index (χ1n) is 3.15. The number of rotatable bonds is 3. The third kappa shape index (κ3) is 4.05. The molecule has 0 saturated carbocycles. The SMILES string of the molecule is CC=C(C)C=C([CH]=[W])C(=O)O. The van der Waals surface area contributed by atoms with Gasteiger partial charge in [-0.15, -0.1) is 0 Å². The van der Waals surface area contributed by atoms with E-state index >= 15 is 0 Å². The minimum atomic E-state index is -0.860. The molecule has 1 N–H and O–H groups in total. The van der Waals surface area contributed by atoms with Gasteiger partial charge >= 0.3 is 76.8 Å². The van der Waals surface area contributed by atoms with Crippen LogP contribution in [0.5, 0.6) is 0 Å². The first-order chi connectivity index (χ1) is 5.11. The second-order valence-electron chi connectivity index (χ2n) is 2.06. The van der Waals surface area contributed by atoms with E-state index in [-0.39, 0.29) is 0 Å². The second-order valence-corrected chi connectivity index (χ2v) is 2.90. The maximum absolute atomic E-state index is 10.5. The van der Waals surface area contributed by atoms with E-state index in [2.05, 4.69) is 0 Å². The molecule has 0 unspecified atom stereocenters. The third-order valence-electron chi connectivity index (χ3n) is 1.21. The first kappa shape index (κ1) is 10.5. The van der Waals surface area contributed by atoms with Crippen molar-refractivity contribution in [1.82, 2.24) is 0 Å². The Morgan fingerprint density at radius 3 is 2.36 bits per heavy atom. The van der Waals surface area contributed by atoms with Crippen molar-refractivity contribution in [2.45, 2.75) is 13.8 Å². The van der Waals surface area contributed by atoms with Crippen molar-refractivity contribution < 1.29 is 29.3 Å². The van der Waals surface area contributed by atoms with Crippen LogP contribution in [0.3, 0.4) is 0 Å². The van der Waals surface area contributed by atoms with Crippen LogP contribution in [0.25, 0.3) is 0 Å². The van der Waals surface area contributed by atoms with Crippen LogP contribution in [0.4, 0.5) is 0 Å². The summed E-state index contributed by atoms with van der Waals surface area (Å²) in [5.74, 6) is -0.860. The van der Waals surface area contributed by atoms with Crippen molar-refractivity contribution in [1.29, 1.82) is 0 Å². The Labute approximate surface area is 77.0 Å². The summed E-state index contributed by atoms with van der Waals surface area (Å²) in [5.41, 5.74) is 1.34. The molecular formula is C8H10O2W. The molecule has 3 heteroatoms. The molecule has 0 spiro atoms. The molecule has 0 aromatic rings. The van der Waals surface area contributed by atoms with Crippen molar-refractivity contribution in [3.05, 3.63) is 23.3 Å². The van der Waals surface area contributed by atoms with Crippen LogP contribution in [-0.4, -0.2) is 15.5 Å². The van der Waals surface area contributed by atoms with Crippen LogP contribution < -0.4 is 0 Å². The molecule has 0 heterocycles. The second kappa shape index (κ2) is 5.20. The van der Waals surface area contributed by atoms with Gasteiger partial charge < -0.3 is 0 Å². The minimum absolute atomic E-state index is 0.371. The Bertz CT molecular complexity index is 226. The number of hydrogen-bond acceptors (Lipinski definition) is 1. The predicted molar refractivity (Wildman–Crippen MR) is 41.2 cm³/mol. The fraction of sp³-hybridized carbons (Fsp3) is 0.250. The molecule has 0 aliphatic heterocycles. The van der Waals surface area contributed by atoms with Gasteiger partial charge in [-0.25, -0.2) is 0 Å². The molecule has 0 bridgehead atoms. The fourth-order valence-corrected chi connectivity index (χ4v) is 1.08. The molecule has 0 aromatic carbocycles. The molecule has 11 heavy (non-hydrogen) atoms. The summed E-state index contributed by atoms with van der Waals surface area (Å²) in [6.45, 7) is 3.76. The van der Waals surface area contributed by atoms with Gasteiger partial charge in [0.2, 0.25) is 0 Å². The van der Waals surface area contributed by atoms with Gasteiger partial charge in [-0.05, 0) is 0 Å². The van der Waals surface area contributed by atoms with Crippen molar-refractivity contribution in [2.75, 3.05) is 0 Å². The molecule has 0 atom stereocenters. The zero-order chi connectivity index (χ0) is 8.85. The van der Waals surface area contributed by atoms with Crippen molar-refractivity contribution in [3.8, 4) is 0 Å². The Morgan fingerprint density at radius 1 is 1.55 bits per heavy atom. The fourth-order valence-electron chi connectivity index (χ4n) is 0.475. The maximum atomic E-state index is 10.5. The summed E-state index contributed by atoms with van der Waals surface area (Å²) in [4.78, 5) is 10.5. The van der Waals surface area contributed by atoms with E-state index in [1.807, 2.05) is 19.9 Å². The van der Waals surface area contributed by atoms with Crippen LogP contribution in [-0.2, 0) is 24.1 Å². The molecule has 2 nitrogen and oxygen atoms in total. The topological polar surface area (TPSA) is 37.3 Å². The molecule has 0 fully saturated rings. The van der Waals surface area contributed by atoms with Crippen LogP contribution in [0.1, 0.15) is 13.8 Å². The first-order valence-corrected chi connectivity index (χ1v) is 4.84. The normalized spacial score (nSPS) is 12.9. The Morgan fingerprint density at radius 2 is 2.09 bits per heavy atom. The van der Waals surface area contributed by atoms with Crippen LogP contribution in [0.15, 0.2) is 23.3 Å². The van der Waals surface area contributed by atoms with Crippen molar-refractivity contribution >= 4 is 10.4 Å². The standard InChI is InChI=1S/C8H10O2.W/c1-4-6(2)5-7(3)8(9)10;/h3-5H,1-2H3,(H,9,10);. The number of allylic oxidation sites excluding steroid dienone is 3. The van der Waals surface area contributed by atoms with Crippen molar-refractivity contribution in [2.24, 2.45) is 0 Å². The van der Waals surface area contributed by atoms with E-state index in [1.54, 1.807) is 10.5 Å². The van der Waals surface area contributed by atoms with E-state index < -0.39 is 5.97 Å². The van der Waals surface area contributed by atoms with E-state index in [0.717, 1.165) is 24.9 Å². The van der Waals surface area contributed by atoms with E-state index in [4.69, 9.17) is 5.11 Å². The average molecular weight is 322 g/mol. The molecule has 0 amide bonds. The molecule has 0 radical (unpaired) electrons. The van der Waals surface area contributed by atoms with E-state index in [9.17, 15) is 4.79 Å². The average Bonchev–Trinajstić information content (AvgIpc) is 1.99. The number of hydrogen-bond donors (Lipinski definition) is 1. The van der Waals surface area contributed by atoms with E-state index in [1.165, 1.54) is 0 Å². The molecular weight excluding hydrogens is 312 g/mol. The van der Waals surface area contributed by atoms with Gasteiger partial charge in [0, 0.05) is 0 Å². The monoisotopic (exact) mass is 322 g/mol. The Hall–Kier alpha value is -0.492. The molecule has 0 aliphatic rings. The Kier molecular flexibility index (Phi) is 4.96. The van der Waals surface area contributed by atoms with Gasteiger partial charge in [0.1, 0.15) is 0 Å². The predicted octanol–water partition coefficient (Wildman–Crippen LogP) is 1.31. The number of carboxylic acid groups (broad SMARTS) is 1. The van der Waals surface area contributed by atoms with Gasteiger partial charge in [-0.3, -0.25) is 0 Å². The van der Waals surface area contributed by atoms with Gasteiger partial charge in [-0.2, -0.15) is 0 Å². The van der Waals surface area contributed by atoms with Crippen molar-refractivity contribution in [3.63, 3.8) is 0 Å². The summed E-state index contributed by atoms with van der Waals surface area (Å²) in [6.07, 6.45) is 3.54. The van der Waals surface area contributed by atoms with Crippen LogP contribution >= 0.6 is 0 Å². The summed E-state index contributed by atoms with van der Waals surface area (Å²) in [6, 6.07) is 0. The summed E-state index contributed by atoms with van der Waals surface area (Å²) < 4.78 is 1.66. The third-order valence-corrected chi connectivity index (χ3v) is 2.12. The zero-order valence-corrected chi connectivity index (χ0v) is 9.43. The summed E-state index contributed by atoms with van der Waals surface area (Å²) in [7, 11) is 0. The molecule has 60 valence electrons. The van der Waals surface area contributed by atoms with Crippen LogP contribution in [0.2, 0.25) is 0 Å². The number of aliphatic carboxylic acids is 1. The molecule has 0 saturated heterocycles. The number of carboxylic acids is 1. The van der Waals surface area contributed by atoms with Crippen LogP contribution in [0, 0.1) is 0 Å². The van der Waals surface area contributed by atoms with Gasteiger partial charge in [0.05, 0.1) is 0 Å². The molecule has 0 rings (SSSR count). The summed E-state index contributed by atoms with van der Waals surface area (Å²) in [5, 5.41) is 8.60. The summed E-state index contributed by atoms with van der Waals surface area (Å²) >= 11 is 1.15. The zero-order valence-electron chi connectivity index (χ0n) is 6.50. The van der Waals surface area contributed by atoms with Gasteiger partial charge in [0.15, 0.2) is 0 Å². The molecule has 0 aromatic heterocycles. The van der Waals surface area contributed by atoms with Gasteiger partial charge in [-0.1, -0.05) is 0 Å². The number of carbonyl (C=O) groups is 1. The van der Waals surface area contributed by atoms with Gasteiger partial charge in [0.25, 0.3) is 0 Å². The molecule has 0 aliphatic carbocycles. The Balaban J connectivity index is 4.62. The quantitative estimate of drug-likeness (QED) is 0.628.